The van der Waals surface area contributed by atoms with Crippen LogP contribution in [0.25, 0.3) is 0 Å². The fourth-order valence-corrected chi connectivity index (χ4v) is 7.67. The molecule has 1 unspecified atom stereocenters. The van der Waals surface area contributed by atoms with Gasteiger partial charge in [-0.1, -0.05) is 84.0 Å². The Hall–Kier alpha value is -1.89. The van der Waals surface area contributed by atoms with Crippen LogP contribution in [0.1, 0.15) is 46.5 Å². The first-order chi connectivity index (χ1) is 13.9. The summed E-state index contributed by atoms with van der Waals surface area (Å²) >= 11 is 0. The zero-order valence-corrected chi connectivity index (χ0v) is 18.7. The molecule has 3 heteroatoms. The Morgan fingerprint density at radius 2 is 1.62 bits per heavy atom. The molecule has 0 radical (unpaired) electrons. The van der Waals surface area contributed by atoms with E-state index in [0.717, 1.165) is 29.9 Å². The molecule has 0 bridgehead atoms. The summed E-state index contributed by atoms with van der Waals surface area (Å²) in [5, 5.41) is 13.2. The summed E-state index contributed by atoms with van der Waals surface area (Å²) in [4.78, 5) is 0. The molecule has 2 aromatic carbocycles. The van der Waals surface area contributed by atoms with Crippen LogP contribution in [0.3, 0.4) is 0 Å². The second-order valence-electron chi connectivity index (χ2n) is 8.49. The lowest BCUT2D eigenvalue weighted by molar-refractivity contribution is 0.0964. The van der Waals surface area contributed by atoms with Crippen LogP contribution < -0.4 is 10.6 Å². The topological polar surface area (TPSA) is 37.3 Å². The van der Waals surface area contributed by atoms with Gasteiger partial charge in [0, 0.05) is 10.6 Å². The summed E-state index contributed by atoms with van der Waals surface area (Å²) in [6.45, 7) is 6.28. The van der Waals surface area contributed by atoms with E-state index in [1.807, 2.05) is 60.7 Å². The summed E-state index contributed by atoms with van der Waals surface area (Å²) in [5.74, 6) is 0.148. The molecule has 2 aromatic rings. The summed E-state index contributed by atoms with van der Waals surface area (Å²) in [7, 11) is -3.04. The van der Waals surface area contributed by atoms with E-state index >= 15 is 0 Å². The number of benzene rings is 2. The van der Waals surface area contributed by atoms with E-state index in [0.29, 0.717) is 6.42 Å². The molecule has 1 aliphatic rings. The van der Waals surface area contributed by atoms with Crippen molar-refractivity contribution in [1.29, 1.82) is 0 Å². The van der Waals surface area contributed by atoms with E-state index in [1.54, 1.807) is 0 Å². The molecule has 0 fully saturated rings. The molecule has 154 valence electrons. The van der Waals surface area contributed by atoms with Crippen LogP contribution in [-0.2, 0) is 4.57 Å². The average molecular weight is 409 g/mol. The van der Waals surface area contributed by atoms with Crippen LogP contribution in [0, 0.1) is 5.92 Å². The highest BCUT2D eigenvalue weighted by atomic mass is 31.2. The van der Waals surface area contributed by atoms with Crippen molar-refractivity contribution in [3.63, 3.8) is 0 Å². The van der Waals surface area contributed by atoms with Gasteiger partial charge < -0.3 is 9.67 Å². The maximum absolute atomic E-state index is 14.9. The Morgan fingerprint density at radius 1 is 1.07 bits per heavy atom. The number of aliphatic hydroxyl groups excluding tert-OH is 1. The summed E-state index contributed by atoms with van der Waals surface area (Å²) in [6.07, 6.45) is 7.21. The number of hydrogen-bond acceptors (Lipinski definition) is 2. The van der Waals surface area contributed by atoms with Crippen LogP contribution in [0.2, 0.25) is 0 Å². The molecule has 3 atom stereocenters. The van der Waals surface area contributed by atoms with E-state index < -0.39 is 13.2 Å². The number of hydrogen-bond donors (Lipinski definition) is 1. The summed E-state index contributed by atoms with van der Waals surface area (Å²) in [6, 6.07) is 19.5. The molecule has 3 rings (SSSR count). The van der Waals surface area contributed by atoms with Gasteiger partial charge in [0.25, 0.3) is 0 Å². The van der Waals surface area contributed by atoms with Gasteiger partial charge in [-0.3, -0.25) is 0 Å². The Kier molecular flexibility index (Phi) is 7.33. The van der Waals surface area contributed by atoms with Crippen molar-refractivity contribution in [2.24, 2.45) is 5.92 Å². The van der Waals surface area contributed by atoms with Gasteiger partial charge in [-0.05, 0) is 52.4 Å². The molecule has 29 heavy (non-hydrogen) atoms. The summed E-state index contributed by atoms with van der Waals surface area (Å²) in [5.41, 5.74) is 2.25. The van der Waals surface area contributed by atoms with Crippen LogP contribution in [0.15, 0.2) is 84.0 Å². The lowest BCUT2D eigenvalue weighted by Crippen LogP contribution is -2.39. The zero-order valence-electron chi connectivity index (χ0n) is 17.8. The number of aliphatic hydroxyl groups is 1. The van der Waals surface area contributed by atoms with Crippen LogP contribution in [-0.4, -0.2) is 16.9 Å². The van der Waals surface area contributed by atoms with Crippen LogP contribution in [0.4, 0.5) is 0 Å². The second kappa shape index (κ2) is 9.74. The lowest BCUT2D eigenvalue weighted by Gasteiger charge is -2.36. The molecular formula is C26H33O2P. The van der Waals surface area contributed by atoms with Crippen molar-refractivity contribution < 1.29 is 9.67 Å². The minimum Gasteiger partial charge on any atom is -0.392 e. The van der Waals surface area contributed by atoms with Crippen LogP contribution in [0.5, 0.6) is 0 Å². The molecule has 0 spiro atoms. The third-order valence-electron chi connectivity index (χ3n) is 6.07. The van der Waals surface area contributed by atoms with Crippen molar-refractivity contribution in [2.45, 2.75) is 58.2 Å². The fourth-order valence-electron chi connectivity index (χ4n) is 4.30. The Bertz CT molecular complexity index is 851. The Morgan fingerprint density at radius 3 is 2.07 bits per heavy atom. The first-order valence-electron chi connectivity index (χ1n) is 10.6. The minimum absolute atomic E-state index is 0.148. The molecule has 0 heterocycles. The van der Waals surface area contributed by atoms with Crippen molar-refractivity contribution in [3.8, 4) is 0 Å². The molecule has 0 aromatic heterocycles. The van der Waals surface area contributed by atoms with Gasteiger partial charge in [0.05, 0.1) is 11.8 Å². The van der Waals surface area contributed by atoms with E-state index in [-0.39, 0.29) is 11.6 Å². The molecule has 0 amide bonds. The van der Waals surface area contributed by atoms with E-state index in [1.165, 1.54) is 11.1 Å². The first kappa shape index (κ1) is 21.8. The molecular weight excluding hydrogens is 375 g/mol. The van der Waals surface area contributed by atoms with Gasteiger partial charge in [0.15, 0.2) is 0 Å². The highest BCUT2D eigenvalue weighted by Gasteiger charge is 2.42. The molecule has 0 saturated heterocycles. The van der Waals surface area contributed by atoms with Gasteiger partial charge in [-0.25, -0.2) is 0 Å². The Balaban J connectivity index is 2.10. The van der Waals surface area contributed by atoms with E-state index in [9.17, 15) is 9.67 Å². The third-order valence-corrected chi connectivity index (χ3v) is 9.65. The van der Waals surface area contributed by atoms with Crippen molar-refractivity contribution >= 4 is 17.8 Å². The predicted molar refractivity (Wildman–Crippen MR) is 125 cm³/mol. The number of rotatable bonds is 7. The first-order valence-corrected chi connectivity index (χ1v) is 12.4. The molecule has 1 N–H and O–H groups in total. The van der Waals surface area contributed by atoms with Gasteiger partial charge in [0.2, 0.25) is 0 Å². The maximum Gasteiger partial charge on any atom is 0.149 e. The summed E-state index contributed by atoms with van der Waals surface area (Å²) < 4.78 is 14.9. The quantitative estimate of drug-likeness (QED) is 0.462. The molecule has 1 aliphatic carbocycles. The normalized spacial score (nSPS) is 19.2. The van der Waals surface area contributed by atoms with Gasteiger partial charge in [-0.15, -0.1) is 0 Å². The molecule has 0 saturated carbocycles. The molecule has 2 nitrogen and oxygen atoms in total. The fraction of sp³-hybridized carbons (Fsp3) is 0.385. The predicted octanol–water partition coefficient (Wildman–Crippen LogP) is 5.83. The van der Waals surface area contributed by atoms with Gasteiger partial charge >= 0.3 is 0 Å². The maximum atomic E-state index is 14.9. The lowest BCUT2D eigenvalue weighted by atomic mass is 9.84. The largest absolute Gasteiger partial charge is 0.392 e. The van der Waals surface area contributed by atoms with Gasteiger partial charge in [0.1, 0.15) is 7.14 Å². The zero-order chi connectivity index (χ0) is 20.9. The van der Waals surface area contributed by atoms with Crippen LogP contribution >= 0.6 is 7.14 Å². The minimum atomic E-state index is -3.04. The Labute approximate surface area is 175 Å². The van der Waals surface area contributed by atoms with E-state index in [4.69, 9.17) is 0 Å². The highest BCUT2D eigenvalue weighted by molar-refractivity contribution is 7.79. The van der Waals surface area contributed by atoms with Crippen molar-refractivity contribution in [3.05, 3.63) is 84.0 Å². The third kappa shape index (κ3) is 5.00. The van der Waals surface area contributed by atoms with E-state index in [2.05, 4.69) is 32.9 Å². The smallest absolute Gasteiger partial charge is 0.149 e. The molecule has 0 aliphatic heterocycles. The second-order valence-corrected chi connectivity index (χ2v) is 11.5. The number of allylic oxidation sites excluding steroid dienone is 4. The van der Waals surface area contributed by atoms with Crippen molar-refractivity contribution in [2.75, 3.05) is 0 Å². The average Bonchev–Trinajstić information content (AvgIpc) is 2.75. The monoisotopic (exact) mass is 408 g/mol. The van der Waals surface area contributed by atoms with Crippen molar-refractivity contribution in [1.82, 2.24) is 0 Å². The standard InChI is InChI=1S/C26H33O2P/c1-20(2)14-19-25(26(27)22-17-15-21(3)16-18-22)29(28,23-10-6-4-7-11-23)24-12-8-5-9-13-24/h4-15,22,25-27H,16-19H2,1-3H3/t22?,25-,26+/m0/s1. The SMILES string of the molecule is CC(C)=CC[C@@H]([C@H](O)C1CC=C(C)CC1)P(=O)(c1ccccc1)c1ccccc1. The van der Waals surface area contributed by atoms with Gasteiger partial charge in [-0.2, -0.15) is 0 Å². The highest BCUT2D eigenvalue weighted by Crippen LogP contribution is 2.53.